The summed E-state index contributed by atoms with van der Waals surface area (Å²) in [6.45, 7) is 6.10. The van der Waals surface area contributed by atoms with Crippen LogP contribution >= 0.6 is 11.6 Å². The lowest BCUT2D eigenvalue weighted by atomic mass is 9.96. The Kier molecular flexibility index (Phi) is 3.70. The number of carbonyl (C=O) groups is 1. The van der Waals surface area contributed by atoms with Crippen LogP contribution in [0.15, 0.2) is 12.4 Å². The SMILES string of the molecule is CC(C)(C)CN(C(=O)[O-])c1cnc(Cl)nc1. The quantitative estimate of drug-likeness (QED) is 0.734. The van der Waals surface area contributed by atoms with Gasteiger partial charge in [0.25, 0.3) is 0 Å². The molecule has 0 aliphatic carbocycles. The van der Waals surface area contributed by atoms with Crippen molar-refractivity contribution >= 4 is 23.4 Å². The number of hydrogen-bond acceptors (Lipinski definition) is 4. The number of halogens is 1. The molecule has 0 fully saturated rings. The van der Waals surface area contributed by atoms with Gasteiger partial charge in [-0.15, -0.1) is 0 Å². The third-order valence-corrected chi connectivity index (χ3v) is 1.97. The Bertz CT molecular complexity index is 373. The van der Waals surface area contributed by atoms with Crippen LogP contribution < -0.4 is 10.0 Å². The van der Waals surface area contributed by atoms with Gasteiger partial charge < -0.3 is 14.8 Å². The molecule has 1 amide bonds. The van der Waals surface area contributed by atoms with E-state index in [1.165, 1.54) is 12.4 Å². The normalized spacial score (nSPS) is 11.2. The second-order valence-electron chi connectivity index (χ2n) is 4.62. The molecular weight excluding hydrogens is 230 g/mol. The second kappa shape index (κ2) is 4.65. The maximum Gasteiger partial charge on any atom is 0.222 e. The third-order valence-electron chi connectivity index (χ3n) is 1.77. The molecule has 0 aliphatic heterocycles. The summed E-state index contributed by atoms with van der Waals surface area (Å²) in [5, 5.41) is 11.1. The minimum Gasteiger partial charge on any atom is -0.530 e. The summed E-state index contributed by atoms with van der Waals surface area (Å²) in [5.41, 5.74) is 0.180. The van der Waals surface area contributed by atoms with Gasteiger partial charge in [-0.2, -0.15) is 0 Å². The highest BCUT2D eigenvalue weighted by Crippen LogP contribution is 2.20. The molecule has 0 aromatic carbocycles. The van der Waals surface area contributed by atoms with Gasteiger partial charge in [0.1, 0.15) is 6.09 Å². The first-order valence-electron chi connectivity index (χ1n) is 4.76. The van der Waals surface area contributed by atoms with E-state index in [-0.39, 0.29) is 10.7 Å². The van der Waals surface area contributed by atoms with Crippen molar-refractivity contribution < 1.29 is 9.90 Å². The topological polar surface area (TPSA) is 69.2 Å². The van der Waals surface area contributed by atoms with E-state index in [2.05, 4.69) is 9.97 Å². The molecule has 16 heavy (non-hydrogen) atoms. The monoisotopic (exact) mass is 242 g/mol. The van der Waals surface area contributed by atoms with Crippen LogP contribution in [-0.2, 0) is 0 Å². The molecule has 0 atom stereocenters. The van der Waals surface area contributed by atoms with Gasteiger partial charge in [-0.1, -0.05) is 20.8 Å². The number of aromatic nitrogens is 2. The molecule has 1 aromatic heterocycles. The van der Waals surface area contributed by atoms with Crippen LogP contribution in [-0.4, -0.2) is 22.6 Å². The minimum absolute atomic E-state index is 0.0813. The molecule has 6 heteroatoms. The Balaban J connectivity index is 2.94. The molecule has 0 saturated carbocycles. The van der Waals surface area contributed by atoms with Crippen molar-refractivity contribution in [3.05, 3.63) is 17.7 Å². The summed E-state index contributed by atoms with van der Waals surface area (Å²) >= 11 is 5.53. The van der Waals surface area contributed by atoms with Gasteiger partial charge in [0.05, 0.1) is 18.1 Å². The van der Waals surface area contributed by atoms with E-state index in [0.717, 1.165) is 4.90 Å². The maximum atomic E-state index is 11.0. The highest BCUT2D eigenvalue weighted by Gasteiger charge is 2.18. The van der Waals surface area contributed by atoms with Crippen LogP contribution in [0.4, 0.5) is 10.5 Å². The molecule has 0 spiro atoms. The molecule has 5 nitrogen and oxygen atoms in total. The zero-order valence-corrected chi connectivity index (χ0v) is 10.2. The second-order valence-corrected chi connectivity index (χ2v) is 4.96. The molecule has 0 N–H and O–H groups in total. The van der Waals surface area contributed by atoms with Crippen LogP contribution in [0.5, 0.6) is 0 Å². The van der Waals surface area contributed by atoms with E-state index in [9.17, 15) is 9.90 Å². The van der Waals surface area contributed by atoms with E-state index in [1.807, 2.05) is 20.8 Å². The zero-order valence-electron chi connectivity index (χ0n) is 9.40. The summed E-state index contributed by atoms with van der Waals surface area (Å²) < 4.78 is 0. The summed E-state index contributed by atoms with van der Waals surface area (Å²) in [6.07, 6.45) is 1.44. The predicted octanol–water partition coefficient (Wildman–Crippen LogP) is 1.33. The smallest absolute Gasteiger partial charge is 0.222 e. The van der Waals surface area contributed by atoms with Gasteiger partial charge in [-0.25, -0.2) is 9.97 Å². The molecular formula is C10H13ClN3O2-. The number of amides is 1. The number of carbonyl (C=O) groups excluding carboxylic acids is 1. The van der Waals surface area contributed by atoms with Crippen LogP contribution in [0.25, 0.3) is 0 Å². The first kappa shape index (κ1) is 12.7. The first-order valence-corrected chi connectivity index (χ1v) is 5.13. The van der Waals surface area contributed by atoms with Gasteiger partial charge in [-0.3, -0.25) is 0 Å². The highest BCUT2D eigenvalue weighted by atomic mass is 35.5. The summed E-state index contributed by atoms with van der Waals surface area (Å²) in [4.78, 5) is 19.6. The first-order chi connectivity index (χ1) is 7.29. The molecule has 0 aliphatic rings. The van der Waals surface area contributed by atoms with Gasteiger partial charge >= 0.3 is 0 Å². The molecule has 0 radical (unpaired) electrons. The van der Waals surface area contributed by atoms with Gasteiger partial charge in [0, 0.05) is 6.54 Å². The predicted molar refractivity (Wildman–Crippen MR) is 59.2 cm³/mol. The van der Waals surface area contributed by atoms with Crippen molar-refractivity contribution in [2.45, 2.75) is 20.8 Å². The van der Waals surface area contributed by atoms with E-state index >= 15 is 0 Å². The molecule has 0 saturated heterocycles. The van der Waals surface area contributed by atoms with Crippen LogP contribution in [0.1, 0.15) is 20.8 Å². The largest absolute Gasteiger partial charge is 0.530 e. The van der Waals surface area contributed by atoms with Gasteiger partial charge in [0.2, 0.25) is 5.28 Å². The van der Waals surface area contributed by atoms with Crippen molar-refractivity contribution in [3.63, 3.8) is 0 Å². The van der Waals surface area contributed by atoms with Crippen molar-refractivity contribution in [1.82, 2.24) is 9.97 Å². The molecule has 1 aromatic rings. The van der Waals surface area contributed by atoms with Gasteiger partial charge in [-0.05, 0) is 17.0 Å². The number of carboxylic acid groups (broad SMARTS) is 1. The fourth-order valence-electron chi connectivity index (χ4n) is 1.18. The minimum atomic E-state index is -1.28. The average molecular weight is 243 g/mol. The van der Waals surface area contributed by atoms with Crippen LogP contribution in [0.2, 0.25) is 5.28 Å². The lowest BCUT2D eigenvalue weighted by Gasteiger charge is -2.31. The summed E-state index contributed by atoms with van der Waals surface area (Å²) in [7, 11) is 0. The Morgan fingerprint density at radius 1 is 1.44 bits per heavy atom. The molecule has 1 heterocycles. The maximum absolute atomic E-state index is 11.0. The Labute approximate surface area is 99.1 Å². The van der Waals surface area contributed by atoms with Crippen molar-refractivity contribution in [2.75, 3.05) is 11.4 Å². The Hall–Kier alpha value is -1.36. The third kappa shape index (κ3) is 3.66. The number of nitrogens with zero attached hydrogens (tertiary/aromatic N) is 3. The summed E-state index contributed by atoms with van der Waals surface area (Å²) in [5.74, 6) is 0. The molecule has 0 unspecified atom stereocenters. The number of rotatable bonds is 2. The Morgan fingerprint density at radius 3 is 2.31 bits per heavy atom. The molecule has 88 valence electrons. The fourth-order valence-corrected chi connectivity index (χ4v) is 1.28. The summed E-state index contributed by atoms with van der Waals surface area (Å²) in [6, 6.07) is 0. The Morgan fingerprint density at radius 2 is 1.94 bits per heavy atom. The van der Waals surface area contributed by atoms with Crippen LogP contribution in [0, 0.1) is 5.41 Å². The number of hydrogen-bond donors (Lipinski definition) is 0. The van der Waals surface area contributed by atoms with Crippen LogP contribution in [0.3, 0.4) is 0 Å². The highest BCUT2D eigenvalue weighted by molar-refractivity contribution is 6.28. The van der Waals surface area contributed by atoms with Crippen molar-refractivity contribution in [2.24, 2.45) is 5.41 Å². The van der Waals surface area contributed by atoms with E-state index in [1.54, 1.807) is 0 Å². The molecule has 1 rings (SSSR count). The van der Waals surface area contributed by atoms with E-state index in [4.69, 9.17) is 11.6 Å². The lowest BCUT2D eigenvalue weighted by Crippen LogP contribution is -2.45. The number of anilines is 1. The molecule has 0 bridgehead atoms. The van der Waals surface area contributed by atoms with E-state index < -0.39 is 6.09 Å². The van der Waals surface area contributed by atoms with Crippen molar-refractivity contribution in [1.29, 1.82) is 0 Å². The van der Waals surface area contributed by atoms with Crippen molar-refractivity contribution in [3.8, 4) is 0 Å². The van der Waals surface area contributed by atoms with E-state index in [0.29, 0.717) is 12.2 Å². The lowest BCUT2D eigenvalue weighted by molar-refractivity contribution is -0.246. The standard InChI is InChI=1S/C10H14ClN3O2/c1-10(2,3)6-14(9(15)16)7-4-12-8(11)13-5-7/h4-5H,6H2,1-3H3,(H,15,16)/p-1. The van der Waals surface area contributed by atoms with Gasteiger partial charge in [0.15, 0.2) is 0 Å². The zero-order chi connectivity index (χ0) is 12.3. The fraction of sp³-hybridized carbons (Fsp3) is 0.500. The average Bonchev–Trinajstić information content (AvgIpc) is 2.14.